The Morgan fingerprint density at radius 2 is 1.96 bits per heavy atom. The lowest BCUT2D eigenvalue weighted by Gasteiger charge is -2.30. The van der Waals surface area contributed by atoms with Gasteiger partial charge in [-0.15, -0.1) is 0 Å². The van der Waals surface area contributed by atoms with Crippen molar-refractivity contribution < 1.29 is 28.4 Å². The molecule has 2 saturated heterocycles. The molecule has 3 amide bonds. The smallest absolute Gasteiger partial charge is 0.347 e. The van der Waals surface area contributed by atoms with Crippen molar-refractivity contribution in [2.45, 2.75) is 6.04 Å². The van der Waals surface area contributed by atoms with Gasteiger partial charge in [0.15, 0.2) is 6.54 Å². The fraction of sp³-hybridized carbons (Fsp3) is 0.667. The number of urea groups is 1. The molecule has 0 spiro atoms. The van der Waals surface area contributed by atoms with Crippen LogP contribution in [-0.4, -0.2) is 115 Å². The molecule has 0 aromatic rings. The van der Waals surface area contributed by atoms with E-state index in [0.717, 1.165) is 18.0 Å². The zero-order valence-electron chi connectivity index (χ0n) is 14.6. The number of fused-ring (bicyclic) bond motifs is 1. The summed E-state index contributed by atoms with van der Waals surface area (Å²) in [6, 6.07) is -1.23. The number of carbonyl (C=O) groups excluding carboxylic acids is 3. The molecule has 10 nitrogen and oxygen atoms in total. The van der Waals surface area contributed by atoms with Crippen molar-refractivity contribution in [2.75, 3.05) is 60.6 Å². The van der Waals surface area contributed by atoms with Crippen molar-refractivity contribution in [3.05, 3.63) is 0 Å². The molecule has 3 heterocycles. The van der Waals surface area contributed by atoms with Crippen LogP contribution < -0.4 is 0 Å². The molecule has 0 aromatic heterocycles. The summed E-state index contributed by atoms with van der Waals surface area (Å²) in [6.45, 7) is 3.12. The monoisotopic (exact) mass is 352 g/mol. The molecule has 0 bridgehead atoms. The van der Waals surface area contributed by atoms with Crippen molar-refractivity contribution in [2.24, 2.45) is 4.99 Å². The number of imide groups is 1. The maximum absolute atomic E-state index is 12.6. The number of likely N-dealkylation sites (N-methyl/N-ethyl adjacent to an activating group) is 2. The van der Waals surface area contributed by atoms with Crippen LogP contribution in [0.15, 0.2) is 4.99 Å². The van der Waals surface area contributed by atoms with E-state index in [4.69, 9.17) is 9.47 Å². The maximum Gasteiger partial charge on any atom is 0.347 e. The quantitative estimate of drug-likeness (QED) is 0.438. The molecule has 3 rings (SSSR count). The summed E-state index contributed by atoms with van der Waals surface area (Å²) in [5, 5.41) is 0. The molecule has 0 N–H and O–H groups in total. The van der Waals surface area contributed by atoms with Crippen LogP contribution in [0.2, 0.25) is 0 Å². The molecular weight excluding hydrogens is 330 g/mol. The largest absolute Gasteiger partial charge is 0.466 e. The van der Waals surface area contributed by atoms with Gasteiger partial charge in [0.1, 0.15) is 6.54 Å². The molecule has 1 unspecified atom stereocenters. The van der Waals surface area contributed by atoms with E-state index in [1.165, 1.54) is 19.1 Å². The molecule has 0 saturated carbocycles. The van der Waals surface area contributed by atoms with E-state index in [1.807, 2.05) is 0 Å². The van der Waals surface area contributed by atoms with E-state index in [0.29, 0.717) is 31.4 Å². The van der Waals surface area contributed by atoms with Crippen molar-refractivity contribution in [3.63, 3.8) is 0 Å². The van der Waals surface area contributed by atoms with E-state index in [2.05, 4.69) is 9.89 Å². The van der Waals surface area contributed by atoms with Gasteiger partial charge in [0, 0.05) is 27.2 Å². The second kappa shape index (κ2) is 6.89. The molecular formula is C15H22N5O5+. The number of amides is 3. The lowest BCUT2D eigenvalue weighted by Crippen LogP contribution is -2.62. The number of methoxy groups -OCH3 is 1. The Bertz CT molecular complexity index is 667. The van der Waals surface area contributed by atoms with Crippen molar-refractivity contribution in [1.82, 2.24) is 14.7 Å². The second-order valence-corrected chi connectivity index (χ2v) is 6.12. The van der Waals surface area contributed by atoms with Gasteiger partial charge >= 0.3 is 17.8 Å². The third kappa shape index (κ3) is 3.14. The first-order chi connectivity index (χ1) is 11.9. The predicted octanol–water partition coefficient (Wildman–Crippen LogP) is -1.79. The Morgan fingerprint density at radius 3 is 2.60 bits per heavy atom. The van der Waals surface area contributed by atoms with Crippen LogP contribution in [0.25, 0.3) is 0 Å². The first-order valence-electron chi connectivity index (χ1n) is 8.07. The lowest BCUT2D eigenvalue weighted by molar-refractivity contribution is -0.527. The first kappa shape index (κ1) is 17.5. The zero-order chi connectivity index (χ0) is 18.1. The Kier molecular flexibility index (Phi) is 4.82. The Hall–Kier alpha value is -2.33. The van der Waals surface area contributed by atoms with Gasteiger partial charge in [-0.1, -0.05) is 0 Å². The molecule has 0 aliphatic carbocycles. The summed E-state index contributed by atoms with van der Waals surface area (Å²) in [7, 11) is 4.30. The van der Waals surface area contributed by atoms with E-state index < -0.39 is 23.9 Å². The highest BCUT2D eigenvalue weighted by atomic mass is 16.5. The minimum atomic E-state index is -0.789. The lowest BCUT2D eigenvalue weighted by atomic mass is 10.1. The summed E-state index contributed by atoms with van der Waals surface area (Å²) >= 11 is 0. The second-order valence-electron chi connectivity index (χ2n) is 6.12. The summed E-state index contributed by atoms with van der Waals surface area (Å²) in [5.41, 5.74) is 0. The SMILES string of the molecule is COC(=O)C[N+]1=C(CN2CCOCC2)N=C2C1C(=O)N(C)C(=O)N2C. The average Bonchev–Trinajstić information content (AvgIpc) is 2.97. The van der Waals surface area contributed by atoms with Gasteiger partial charge in [0.25, 0.3) is 17.8 Å². The van der Waals surface area contributed by atoms with Gasteiger partial charge in [-0.2, -0.15) is 0 Å². The zero-order valence-corrected chi connectivity index (χ0v) is 14.6. The highest BCUT2D eigenvalue weighted by Gasteiger charge is 2.53. The molecule has 0 aromatic carbocycles. The molecule has 25 heavy (non-hydrogen) atoms. The molecule has 3 aliphatic heterocycles. The minimum Gasteiger partial charge on any atom is -0.466 e. The maximum atomic E-state index is 12.6. The van der Waals surface area contributed by atoms with Gasteiger partial charge < -0.3 is 9.47 Å². The number of ether oxygens (including phenoxy) is 2. The standard InChI is InChI=1S/C15H22N5O5/c1-17-13-12(14(22)18(2)15(17)23)20(9-11(21)24-3)10(16-13)8-19-4-6-25-7-5-19/h12H,4-9H2,1-3H3/q+1. The van der Waals surface area contributed by atoms with E-state index in [9.17, 15) is 14.4 Å². The predicted molar refractivity (Wildman–Crippen MR) is 86.6 cm³/mol. The third-order valence-corrected chi connectivity index (χ3v) is 4.61. The number of hydrogen-bond donors (Lipinski definition) is 0. The summed E-state index contributed by atoms with van der Waals surface area (Å²) < 4.78 is 11.7. The van der Waals surface area contributed by atoms with Crippen molar-refractivity contribution in [3.8, 4) is 0 Å². The number of carbonyl (C=O) groups is 3. The number of amidine groups is 2. The number of aliphatic imine (C=N–C) groups is 1. The minimum absolute atomic E-state index is 0.102. The van der Waals surface area contributed by atoms with E-state index in [1.54, 1.807) is 11.6 Å². The molecule has 1 atom stereocenters. The molecule has 2 fully saturated rings. The van der Waals surface area contributed by atoms with Gasteiger partial charge in [-0.05, 0) is 4.99 Å². The Balaban J connectivity index is 1.94. The van der Waals surface area contributed by atoms with Crippen LogP contribution in [0, 0.1) is 0 Å². The number of rotatable bonds is 4. The molecule has 10 heteroatoms. The van der Waals surface area contributed by atoms with E-state index >= 15 is 0 Å². The number of hydrogen-bond acceptors (Lipinski definition) is 7. The summed E-state index contributed by atoms with van der Waals surface area (Å²) in [4.78, 5) is 45.7. The first-order valence-corrected chi connectivity index (χ1v) is 8.07. The highest BCUT2D eigenvalue weighted by molar-refractivity contribution is 6.23. The van der Waals surface area contributed by atoms with Gasteiger partial charge in [-0.3, -0.25) is 19.5 Å². The van der Waals surface area contributed by atoms with Crippen LogP contribution in [0.4, 0.5) is 4.79 Å². The Labute approximate surface area is 145 Å². The van der Waals surface area contributed by atoms with Crippen LogP contribution in [-0.2, 0) is 19.1 Å². The van der Waals surface area contributed by atoms with Gasteiger partial charge in [0.05, 0.1) is 20.3 Å². The Morgan fingerprint density at radius 1 is 1.28 bits per heavy atom. The number of nitrogens with zero attached hydrogens (tertiary/aromatic N) is 5. The molecule has 3 aliphatic rings. The van der Waals surface area contributed by atoms with Crippen LogP contribution in [0.1, 0.15) is 0 Å². The van der Waals surface area contributed by atoms with Gasteiger partial charge in [-0.25, -0.2) is 14.2 Å². The molecule has 136 valence electrons. The summed E-state index contributed by atoms with van der Waals surface area (Å²) in [6.07, 6.45) is 0. The molecule has 0 radical (unpaired) electrons. The number of esters is 1. The van der Waals surface area contributed by atoms with E-state index in [-0.39, 0.29) is 6.54 Å². The van der Waals surface area contributed by atoms with Crippen molar-refractivity contribution >= 4 is 29.6 Å². The normalized spacial score (nSPS) is 24.6. The third-order valence-electron chi connectivity index (χ3n) is 4.61. The van der Waals surface area contributed by atoms with Crippen LogP contribution in [0.5, 0.6) is 0 Å². The highest BCUT2D eigenvalue weighted by Crippen LogP contribution is 2.19. The van der Waals surface area contributed by atoms with Gasteiger partial charge in [0.2, 0.25) is 0 Å². The topological polar surface area (TPSA) is 94.8 Å². The van der Waals surface area contributed by atoms with Crippen LogP contribution >= 0.6 is 0 Å². The fourth-order valence-electron chi connectivity index (χ4n) is 3.12. The number of morpholine rings is 1. The summed E-state index contributed by atoms with van der Waals surface area (Å²) in [5.74, 6) is 0.0597. The van der Waals surface area contributed by atoms with Crippen molar-refractivity contribution in [1.29, 1.82) is 0 Å². The average molecular weight is 352 g/mol. The fourth-order valence-corrected chi connectivity index (χ4v) is 3.12. The van der Waals surface area contributed by atoms with Crippen LogP contribution in [0.3, 0.4) is 0 Å².